The summed E-state index contributed by atoms with van der Waals surface area (Å²) in [5.41, 5.74) is 3.25. The summed E-state index contributed by atoms with van der Waals surface area (Å²) in [6.07, 6.45) is 15.0. The van der Waals surface area contributed by atoms with E-state index >= 15 is 0 Å². The zero-order valence-corrected chi connectivity index (χ0v) is 35.5. The number of aromatic hydroxyl groups is 1. The summed E-state index contributed by atoms with van der Waals surface area (Å²) in [4.78, 5) is 37.9. The van der Waals surface area contributed by atoms with Gasteiger partial charge in [0.25, 0.3) is 0 Å². The second-order valence-electron chi connectivity index (χ2n) is 14.8. The molecule has 0 saturated heterocycles. The van der Waals surface area contributed by atoms with Gasteiger partial charge in [-0.15, -0.1) is 0 Å². The van der Waals surface area contributed by atoms with Crippen molar-refractivity contribution in [2.45, 2.75) is 157 Å². The number of unbranched alkanes of at least 4 members (excludes halogenated alkanes) is 6. The maximum absolute atomic E-state index is 10.5. The molecule has 0 spiro atoms. The molecule has 0 amide bonds. The Labute approximate surface area is 319 Å². The minimum Gasteiger partial charge on any atom is -0.507 e. The number of aliphatic carboxylic acids is 3. The number of phenols is 1. The first-order valence-electron chi connectivity index (χ1n) is 19.9. The Morgan fingerprint density at radius 1 is 0.500 bits per heavy atom. The number of phenolic OH excluding ortho intramolecular Hbond substituents is 1. The molecule has 0 bridgehead atoms. The number of rotatable bonds is 24. The van der Waals surface area contributed by atoms with Crippen molar-refractivity contribution >= 4 is 17.9 Å². The van der Waals surface area contributed by atoms with Crippen LogP contribution in [0.4, 0.5) is 0 Å². The molecule has 0 radical (unpaired) electrons. The first-order valence-corrected chi connectivity index (χ1v) is 19.9. The van der Waals surface area contributed by atoms with Gasteiger partial charge in [0.2, 0.25) is 0 Å². The number of benzene rings is 1. The first kappa shape index (κ1) is 53.7. The lowest BCUT2D eigenvalue weighted by Gasteiger charge is -2.19. The number of carboxylic acids is 3. The summed E-state index contributed by atoms with van der Waals surface area (Å²) in [5, 5.41) is 36.4. The van der Waals surface area contributed by atoms with Gasteiger partial charge < -0.3 is 35.1 Å². The second kappa shape index (κ2) is 34.1. The highest BCUT2D eigenvalue weighted by Crippen LogP contribution is 2.27. The van der Waals surface area contributed by atoms with E-state index in [-0.39, 0.29) is 17.8 Å². The van der Waals surface area contributed by atoms with E-state index in [0.717, 1.165) is 127 Å². The van der Waals surface area contributed by atoms with Gasteiger partial charge in [0, 0.05) is 30.8 Å². The third kappa shape index (κ3) is 29.8. The van der Waals surface area contributed by atoms with Crippen molar-refractivity contribution < 1.29 is 34.8 Å². The highest BCUT2D eigenvalue weighted by molar-refractivity contribution is 5.70. The normalized spacial score (nSPS) is 12.5. The van der Waals surface area contributed by atoms with Gasteiger partial charge >= 0.3 is 17.9 Å². The van der Waals surface area contributed by atoms with Gasteiger partial charge in [-0.2, -0.15) is 0 Å². The molecule has 52 heavy (non-hydrogen) atoms. The Balaban J connectivity index is -0.000000641. The summed E-state index contributed by atoms with van der Waals surface area (Å²) < 4.78 is 0. The van der Waals surface area contributed by atoms with Gasteiger partial charge in [0.15, 0.2) is 0 Å². The zero-order valence-electron chi connectivity index (χ0n) is 35.5. The number of carbonyl (C=O) groups is 3. The summed E-state index contributed by atoms with van der Waals surface area (Å²) in [5.74, 6) is -1.80. The van der Waals surface area contributed by atoms with Crippen molar-refractivity contribution in [3.8, 4) is 5.75 Å². The van der Waals surface area contributed by atoms with Crippen LogP contribution in [-0.2, 0) is 34.0 Å². The fraction of sp³-hybridized carbons (Fsp3) is 0.786. The Kier molecular flexibility index (Phi) is 35.2. The van der Waals surface area contributed by atoms with Crippen LogP contribution in [-0.4, -0.2) is 95.3 Å². The highest BCUT2D eigenvalue weighted by atomic mass is 16.4. The number of nitrogens with zero attached hydrogens (tertiary/aromatic N) is 3. The zero-order chi connectivity index (χ0) is 40.6. The first-order chi connectivity index (χ1) is 24.4. The lowest BCUT2D eigenvalue weighted by atomic mass is 9.99. The fourth-order valence-electron chi connectivity index (χ4n) is 5.64. The molecule has 4 N–H and O–H groups in total. The Morgan fingerprint density at radius 2 is 0.769 bits per heavy atom. The molecule has 306 valence electrons. The average Bonchev–Trinajstić information content (AvgIpc) is 3.05. The Morgan fingerprint density at radius 3 is 0.962 bits per heavy atom. The molecule has 0 aliphatic rings. The van der Waals surface area contributed by atoms with E-state index in [9.17, 15) is 19.5 Å². The monoisotopic (exact) mass is 740 g/mol. The second-order valence-corrected chi connectivity index (χ2v) is 14.8. The minimum atomic E-state index is -0.636. The maximum atomic E-state index is 10.5. The van der Waals surface area contributed by atoms with Gasteiger partial charge in [-0.25, -0.2) is 0 Å². The third-order valence-corrected chi connectivity index (χ3v) is 8.79. The highest BCUT2D eigenvalue weighted by Gasteiger charge is 2.15. The summed E-state index contributed by atoms with van der Waals surface area (Å²) in [6.45, 7) is 14.6. The van der Waals surface area contributed by atoms with Crippen LogP contribution >= 0.6 is 0 Å². The molecular formula is C42H81N3O7. The molecule has 0 aromatic heterocycles. The van der Waals surface area contributed by atoms with Crippen molar-refractivity contribution in [2.24, 2.45) is 17.8 Å². The molecule has 10 heteroatoms. The molecule has 0 saturated carbocycles. The molecule has 3 atom stereocenters. The van der Waals surface area contributed by atoms with E-state index < -0.39 is 17.9 Å². The summed E-state index contributed by atoms with van der Waals surface area (Å²) >= 11 is 0. The Hall–Kier alpha value is -2.69. The van der Waals surface area contributed by atoms with Gasteiger partial charge in [-0.1, -0.05) is 99.3 Å². The van der Waals surface area contributed by atoms with Crippen LogP contribution in [0, 0.1) is 17.8 Å². The van der Waals surface area contributed by atoms with Crippen molar-refractivity contribution in [3.63, 3.8) is 0 Å². The summed E-state index contributed by atoms with van der Waals surface area (Å²) in [7, 11) is 12.2. The van der Waals surface area contributed by atoms with E-state index in [1.807, 2.05) is 49.0 Å². The van der Waals surface area contributed by atoms with Gasteiger partial charge in [0.1, 0.15) is 5.75 Å². The van der Waals surface area contributed by atoms with Gasteiger partial charge in [-0.05, 0) is 98.5 Å². The number of hydrogen-bond acceptors (Lipinski definition) is 7. The largest absolute Gasteiger partial charge is 0.507 e. The predicted octanol–water partition coefficient (Wildman–Crippen LogP) is 9.61. The van der Waals surface area contributed by atoms with Crippen molar-refractivity contribution in [1.82, 2.24) is 14.7 Å². The van der Waals surface area contributed by atoms with Gasteiger partial charge in [-0.3, -0.25) is 14.4 Å². The maximum Gasteiger partial charge on any atom is 0.306 e. The van der Waals surface area contributed by atoms with Crippen LogP contribution < -0.4 is 0 Å². The van der Waals surface area contributed by atoms with Crippen molar-refractivity contribution in [2.75, 3.05) is 42.3 Å². The molecule has 1 rings (SSSR count). The molecule has 1 aromatic carbocycles. The van der Waals surface area contributed by atoms with Crippen LogP contribution in [0.15, 0.2) is 12.1 Å². The predicted molar refractivity (Wildman–Crippen MR) is 217 cm³/mol. The molecule has 1 aromatic rings. The van der Waals surface area contributed by atoms with Crippen LogP contribution in [0.1, 0.15) is 155 Å². The quantitative estimate of drug-likeness (QED) is 0.0758. The fourth-order valence-corrected chi connectivity index (χ4v) is 5.64. The van der Waals surface area contributed by atoms with Crippen LogP contribution in [0.3, 0.4) is 0 Å². The SMILES string of the molecule is CCCCCC(CC)C(=O)O.CCCCCC(CC)C(=O)O.CCCCCC(CC)C(=O)O.CN(C)Cc1cc(CN(C)C)c(O)c(CN(C)C)c1. The van der Waals surface area contributed by atoms with Crippen LogP contribution in [0.25, 0.3) is 0 Å². The van der Waals surface area contributed by atoms with E-state index in [4.69, 9.17) is 15.3 Å². The van der Waals surface area contributed by atoms with Crippen LogP contribution in [0.5, 0.6) is 5.75 Å². The molecule has 0 aliphatic heterocycles. The molecule has 0 aliphatic carbocycles. The van der Waals surface area contributed by atoms with Crippen molar-refractivity contribution in [1.29, 1.82) is 0 Å². The molecule has 0 heterocycles. The van der Waals surface area contributed by atoms with E-state index in [1.165, 1.54) is 5.56 Å². The molecular weight excluding hydrogens is 658 g/mol. The van der Waals surface area contributed by atoms with Crippen LogP contribution in [0.2, 0.25) is 0 Å². The molecule has 10 nitrogen and oxygen atoms in total. The van der Waals surface area contributed by atoms with E-state index in [2.05, 4.69) is 61.7 Å². The number of carboxylic acid groups (broad SMARTS) is 3. The van der Waals surface area contributed by atoms with E-state index in [1.54, 1.807) is 0 Å². The lowest BCUT2D eigenvalue weighted by molar-refractivity contribution is -0.143. The minimum absolute atomic E-state index is 0.110. The third-order valence-electron chi connectivity index (χ3n) is 8.79. The van der Waals surface area contributed by atoms with Crippen molar-refractivity contribution in [3.05, 3.63) is 28.8 Å². The van der Waals surface area contributed by atoms with Gasteiger partial charge in [0.05, 0.1) is 17.8 Å². The average molecular weight is 740 g/mol. The smallest absolute Gasteiger partial charge is 0.306 e. The van der Waals surface area contributed by atoms with E-state index in [0.29, 0.717) is 5.75 Å². The molecule has 3 unspecified atom stereocenters. The topological polar surface area (TPSA) is 142 Å². The summed E-state index contributed by atoms with van der Waals surface area (Å²) in [6, 6.07) is 4.21. The Bertz CT molecular complexity index is 949. The lowest BCUT2D eigenvalue weighted by Crippen LogP contribution is -2.16. The molecule has 0 fully saturated rings. The number of hydrogen-bond donors (Lipinski definition) is 4. The standard InChI is InChI=1S/C15H27N3O.3C9H18O2/c1-16(2)9-12-7-13(10-17(3)4)15(19)14(8-12)11-18(5)6;3*1-3-5-6-7-8(4-2)9(10)11/h7-8,19H,9-11H2,1-6H3;3*8H,3-7H2,1-2H3,(H,10,11).